The van der Waals surface area contributed by atoms with Crippen LogP contribution < -0.4 is 10.6 Å². The second-order valence-corrected chi connectivity index (χ2v) is 6.88. The number of rotatable bonds is 4. The molecule has 2 rings (SSSR count). The molecule has 0 heterocycles. The predicted molar refractivity (Wildman–Crippen MR) is 81.0 cm³/mol. The number of carbonyl (C=O) groups excluding carboxylic acids is 1. The number of hydrogen-bond acceptors (Lipinski definition) is 2. The summed E-state index contributed by atoms with van der Waals surface area (Å²) in [4.78, 5) is 22.8. The fraction of sp³-hybridized carbons (Fsp3) is 0.875. The summed E-state index contributed by atoms with van der Waals surface area (Å²) in [6.45, 7) is 3.05. The van der Waals surface area contributed by atoms with Crippen LogP contribution in [0.15, 0.2) is 0 Å². The van der Waals surface area contributed by atoms with Gasteiger partial charge in [0.15, 0.2) is 0 Å². The van der Waals surface area contributed by atoms with E-state index in [2.05, 4.69) is 17.6 Å². The van der Waals surface area contributed by atoms with Gasteiger partial charge in [-0.3, -0.25) is 4.79 Å². The van der Waals surface area contributed by atoms with Crippen molar-refractivity contribution in [1.82, 2.24) is 10.6 Å². The summed E-state index contributed by atoms with van der Waals surface area (Å²) < 4.78 is 0. The van der Waals surface area contributed by atoms with Crippen LogP contribution in [0.25, 0.3) is 0 Å². The topological polar surface area (TPSA) is 78.4 Å². The molecular weight excluding hydrogens is 268 g/mol. The fourth-order valence-electron chi connectivity index (χ4n) is 3.70. The number of aliphatic carboxylic acids is 1. The molecule has 0 bridgehead atoms. The highest BCUT2D eigenvalue weighted by Crippen LogP contribution is 2.28. The van der Waals surface area contributed by atoms with Crippen LogP contribution in [0, 0.1) is 17.8 Å². The van der Waals surface area contributed by atoms with Crippen molar-refractivity contribution in [2.45, 2.75) is 64.3 Å². The minimum absolute atomic E-state index is 0.0907. The maximum atomic E-state index is 11.9. The Balaban J connectivity index is 1.62. The maximum absolute atomic E-state index is 11.9. The third-order valence-corrected chi connectivity index (χ3v) is 5.01. The minimum atomic E-state index is -0.704. The standard InChI is InChI=1S/C16H28N2O3/c1-11-3-2-4-12(9-11)10-17-16(21)18-14-7-5-13(6-8-14)15(19)20/h11-14H,2-10H2,1H3,(H,19,20)(H2,17,18,21). The van der Waals surface area contributed by atoms with Crippen molar-refractivity contribution >= 4 is 12.0 Å². The van der Waals surface area contributed by atoms with Crippen LogP contribution in [0.1, 0.15) is 58.3 Å². The van der Waals surface area contributed by atoms with Crippen molar-refractivity contribution in [2.75, 3.05) is 6.54 Å². The Morgan fingerprint density at radius 3 is 2.43 bits per heavy atom. The summed E-state index contributed by atoms with van der Waals surface area (Å²) in [5.74, 6) is 0.460. The first-order valence-corrected chi connectivity index (χ1v) is 8.31. The van der Waals surface area contributed by atoms with Crippen molar-refractivity contribution < 1.29 is 14.7 Å². The summed E-state index contributed by atoms with van der Waals surface area (Å²) in [5, 5.41) is 14.9. The summed E-state index contributed by atoms with van der Waals surface area (Å²) in [6.07, 6.45) is 7.89. The minimum Gasteiger partial charge on any atom is -0.481 e. The number of nitrogens with one attached hydrogen (secondary N) is 2. The molecule has 2 aliphatic carbocycles. The molecule has 0 radical (unpaired) electrons. The summed E-state index contributed by atoms with van der Waals surface area (Å²) >= 11 is 0. The van der Waals surface area contributed by atoms with Crippen LogP contribution in [0.3, 0.4) is 0 Å². The van der Waals surface area contributed by atoms with Gasteiger partial charge >= 0.3 is 12.0 Å². The van der Waals surface area contributed by atoms with Crippen LogP contribution in [0.2, 0.25) is 0 Å². The Morgan fingerprint density at radius 2 is 1.81 bits per heavy atom. The average Bonchev–Trinajstić information content (AvgIpc) is 2.46. The van der Waals surface area contributed by atoms with E-state index in [1.54, 1.807) is 0 Å². The Labute approximate surface area is 126 Å². The molecule has 2 fully saturated rings. The van der Waals surface area contributed by atoms with Crippen LogP contribution in [-0.4, -0.2) is 29.7 Å². The van der Waals surface area contributed by atoms with Crippen molar-refractivity contribution in [3.8, 4) is 0 Å². The highest BCUT2D eigenvalue weighted by Gasteiger charge is 2.27. The molecule has 21 heavy (non-hydrogen) atoms. The molecule has 0 aromatic heterocycles. The first kappa shape index (κ1) is 16.1. The summed E-state index contributed by atoms with van der Waals surface area (Å²) in [7, 11) is 0. The molecule has 2 unspecified atom stereocenters. The highest BCUT2D eigenvalue weighted by atomic mass is 16.4. The van der Waals surface area contributed by atoms with E-state index in [0.717, 1.165) is 25.3 Å². The normalized spacial score (nSPS) is 33.2. The predicted octanol–water partition coefficient (Wildman–Crippen LogP) is 2.76. The third kappa shape index (κ3) is 5.21. The van der Waals surface area contributed by atoms with Gasteiger partial charge in [-0.15, -0.1) is 0 Å². The van der Waals surface area contributed by atoms with Gasteiger partial charge in [0.25, 0.3) is 0 Å². The Bertz CT molecular complexity index is 365. The second kappa shape index (κ2) is 7.66. The van der Waals surface area contributed by atoms with Crippen molar-refractivity contribution in [3.05, 3.63) is 0 Å². The molecule has 2 aliphatic rings. The first-order valence-electron chi connectivity index (χ1n) is 8.31. The molecule has 120 valence electrons. The van der Waals surface area contributed by atoms with Gasteiger partial charge in [-0.2, -0.15) is 0 Å². The zero-order valence-electron chi connectivity index (χ0n) is 12.9. The van der Waals surface area contributed by atoms with Gasteiger partial charge in [0.1, 0.15) is 0 Å². The molecule has 0 aromatic rings. The van der Waals surface area contributed by atoms with E-state index in [0.29, 0.717) is 18.8 Å². The van der Waals surface area contributed by atoms with Gasteiger partial charge in [0.2, 0.25) is 0 Å². The lowest BCUT2D eigenvalue weighted by molar-refractivity contribution is -0.142. The van der Waals surface area contributed by atoms with Crippen LogP contribution in [0.4, 0.5) is 4.79 Å². The Kier molecular flexibility index (Phi) is 5.88. The number of urea groups is 1. The van der Waals surface area contributed by atoms with Crippen LogP contribution in [-0.2, 0) is 4.79 Å². The maximum Gasteiger partial charge on any atom is 0.315 e. The van der Waals surface area contributed by atoms with Crippen LogP contribution >= 0.6 is 0 Å². The van der Waals surface area contributed by atoms with E-state index in [-0.39, 0.29) is 18.0 Å². The zero-order valence-corrected chi connectivity index (χ0v) is 12.9. The first-order chi connectivity index (χ1) is 10.0. The number of amides is 2. The lowest BCUT2D eigenvalue weighted by Crippen LogP contribution is -2.45. The summed E-state index contributed by atoms with van der Waals surface area (Å²) in [6, 6.07) is 0.0397. The highest BCUT2D eigenvalue weighted by molar-refractivity contribution is 5.74. The third-order valence-electron chi connectivity index (χ3n) is 5.01. The molecule has 2 saturated carbocycles. The molecule has 0 saturated heterocycles. The van der Waals surface area contributed by atoms with Gasteiger partial charge in [0, 0.05) is 12.6 Å². The lowest BCUT2D eigenvalue weighted by atomic mass is 9.82. The average molecular weight is 296 g/mol. The monoisotopic (exact) mass is 296 g/mol. The Morgan fingerprint density at radius 1 is 1.10 bits per heavy atom. The van der Waals surface area contributed by atoms with Crippen molar-refractivity contribution in [2.24, 2.45) is 17.8 Å². The van der Waals surface area contributed by atoms with E-state index in [9.17, 15) is 9.59 Å². The molecule has 2 atom stereocenters. The van der Waals surface area contributed by atoms with Crippen molar-refractivity contribution in [1.29, 1.82) is 0 Å². The van der Waals surface area contributed by atoms with E-state index in [1.807, 2.05) is 0 Å². The Hall–Kier alpha value is -1.26. The quantitative estimate of drug-likeness (QED) is 0.746. The molecule has 5 nitrogen and oxygen atoms in total. The molecular formula is C16H28N2O3. The summed E-state index contributed by atoms with van der Waals surface area (Å²) in [5.41, 5.74) is 0. The second-order valence-electron chi connectivity index (χ2n) is 6.88. The van der Waals surface area contributed by atoms with E-state index < -0.39 is 5.97 Å². The van der Waals surface area contributed by atoms with Gasteiger partial charge < -0.3 is 15.7 Å². The molecule has 0 spiro atoms. The van der Waals surface area contributed by atoms with Crippen LogP contribution in [0.5, 0.6) is 0 Å². The lowest BCUT2D eigenvalue weighted by Gasteiger charge is -2.29. The van der Waals surface area contributed by atoms with Gasteiger partial charge in [0.05, 0.1) is 5.92 Å². The van der Waals surface area contributed by atoms with E-state index >= 15 is 0 Å². The number of carbonyl (C=O) groups is 2. The zero-order chi connectivity index (χ0) is 15.2. The molecule has 0 aliphatic heterocycles. The molecule has 3 N–H and O–H groups in total. The van der Waals surface area contributed by atoms with Crippen molar-refractivity contribution in [3.63, 3.8) is 0 Å². The smallest absolute Gasteiger partial charge is 0.315 e. The molecule has 5 heteroatoms. The fourth-order valence-corrected chi connectivity index (χ4v) is 3.70. The molecule has 2 amide bonds. The van der Waals surface area contributed by atoms with E-state index in [1.165, 1.54) is 25.7 Å². The number of carboxylic acid groups (broad SMARTS) is 1. The molecule has 0 aromatic carbocycles. The largest absolute Gasteiger partial charge is 0.481 e. The number of carboxylic acids is 1. The van der Waals surface area contributed by atoms with Gasteiger partial charge in [-0.1, -0.05) is 19.8 Å². The van der Waals surface area contributed by atoms with Gasteiger partial charge in [-0.25, -0.2) is 4.79 Å². The van der Waals surface area contributed by atoms with E-state index in [4.69, 9.17) is 5.11 Å². The number of hydrogen-bond donors (Lipinski definition) is 3. The van der Waals surface area contributed by atoms with Gasteiger partial charge in [-0.05, 0) is 50.4 Å². The SMILES string of the molecule is CC1CCCC(CNC(=O)NC2CCC(C(=O)O)CC2)C1.